The van der Waals surface area contributed by atoms with Crippen molar-refractivity contribution >= 4 is 0 Å². The van der Waals surface area contributed by atoms with Crippen LogP contribution < -0.4 is 5.32 Å². The summed E-state index contributed by atoms with van der Waals surface area (Å²) in [4.78, 5) is 8.39. The van der Waals surface area contributed by atoms with Crippen molar-refractivity contribution in [1.29, 1.82) is 0 Å². The predicted octanol–water partition coefficient (Wildman–Crippen LogP) is 2.51. The van der Waals surface area contributed by atoms with E-state index in [4.69, 9.17) is 0 Å². The number of halogens is 1. The summed E-state index contributed by atoms with van der Waals surface area (Å²) in [7, 11) is 0. The quantitative estimate of drug-likeness (QED) is 0.879. The number of hydrogen-bond donors (Lipinski definition) is 1. The van der Waals surface area contributed by atoms with Crippen LogP contribution in [-0.2, 0) is 6.42 Å². The standard InChI is InChI=1S/C14H16FN3/c1-2-17-13(14-10-16-7-8-18-14)9-11-3-5-12(15)6-4-11/h3-8,10,13,17H,2,9H2,1H3. The molecule has 0 aliphatic carbocycles. The molecule has 0 saturated heterocycles. The molecule has 0 aliphatic rings. The molecule has 0 radical (unpaired) electrons. The molecule has 4 heteroatoms. The van der Waals surface area contributed by atoms with E-state index in [0.29, 0.717) is 0 Å². The molecule has 0 bridgehead atoms. The number of nitrogens with zero attached hydrogens (tertiary/aromatic N) is 2. The largest absolute Gasteiger partial charge is 0.309 e. The van der Waals surface area contributed by atoms with E-state index >= 15 is 0 Å². The van der Waals surface area contributed by atoms with E-state index < -0.39 is 0 Å². The Balaban J connectivity index is 2.14. The molecule has 0 fully saturated rings. The molecule has 1 N–H and O–H groups in total. The third-order valence-corrected chi connectivity index (χ3v) is 2.74. The Hall–Kier alpha value is -1.81. The van der Waals surface area contributed by atoms with Gasteiger partial charge in [0.25, 0.3) is 0 Å². The Bertz CT molecular complexity index is 470. The number of likely N-dealkylation sites (N-methyl/N-ethyl adjacent to an activating group) is 1. The number of nitrogens with one attached hydrogen (secondary N) is 1. The van der Waals surface area contributed by atoms with E-state index in [1.165, 1.54) is 12.1 Å². The van der Waals surface area contributed by atoms with Crippen LogP contribution in [0.4, 0.5) is 4.39 Å². The highest BCUT2D eigenvalue weighted by Gasteiger charge is 2.12. The van der Waals surface area contributed by atoms with E-state index in [2.05, 4.69) is 15.3 Å². The third-order valence-electron chi connectivity index (χ3n) is 2.74. The maximum atomic E-state index is 12.9. The van der Waals surface area contributed by atoms with Crippen LogP contribution in [0.2, 0.25) is 0 Å². The van der Waals surface area contributed by atoms with Crippen LogP contribution in [-0.4, -0.2) is 16.5 Å². The first-order valence-electron chi connectivity index (χ1n) is 6.03. The van der Waals surface area contributed by atoms with Crippen molar-refractivity contribution in [3.8, 4) is 0 Å². The summed E-state index contributed by atoms with van der Waals surface area (Å²) in [5.74, 6) is -0.210. The number of rotatable bonds is 5. The molecule has 0 saturated carbocycles. The molecule has 0 amide bonds. The van der Waals surface area contributed by atoms with Crippen LogP contribution in [0.5, 0.6) is 0 Å². The van der Waals surface area contributed by atoms with Crippen molar-refractivity contribution in [2.24, 2.45) is 0 Å². The molecule has 2 aromatic rings. The second-order valence-electron chi connectivity index (χ2n) is 4.07. The molecule has 1 aromatic heterocycles. The second-order valence-corrected chi connectivity index (χ2v) is 4.07. The van der Waals surface area contributed by atoms with Crippen LogP contribution >= 0.6 is 0 Å². The number of hydrogen-bond acceptors (Lipinski definition) is 3. The van der Waals surface area contributed by atoms with Gasteiger partial charge in [0, 0.05) is 18.6 Å². The van der Waals surface area contributed by atoms with Crippen molar-refractivity contribution < 1.29 is 4.39 Å². The van der Waals surface area contributed by atoms with Gasteiger partial charge in [0.1, 0.15) is 5.82 Å². The normalized spacial score (nSPS) is 12.3. The summed E-state index contributed by atoms with van der Waals surface area (Å²) < 4.78 is 12.9. The first-order valence-corrected chi connectivity index (χ1v) is 6.03. The SMILES string of the molecule is CCNC(Cc1ccc(F)cc1)c1cnccn1. The fourth-order valence-electron chi connectivity index (χ4n) is 1.87. The van der Waals surface area contributed by atoms with Crippen molar-refractivity contribution in [2.45, 2.75) is 19.4 Å². The summed E-state index contributed by atoms with van der Waals surface area (Å²) in [5.41, 5.74) is 1.98. The van der Waals surface area contributed by atoms with Crippen LogP contribution in [0.15, 0.2) is 42.9 Å². The molecular formula is C14H16FN3. The summed E-state index contributed by atoms with van der Waals surface area (Å²) in [6.07, 6.45) is 5.87. The van der Waals surface area contributed by atoms with Crippen molar-refractivity contribution in [2.75, 3.05) is 6.54 Å². The van der Waals surface area contributed by atoms with Crippen molar-refractivity contribution in [3.05, 3.63) is 59.9 Å². The van der Waals surface area contributed by atoms with Gasteiger partial charge < -0.3 is 5.32 Å². The Labute approximate surface area is 106 Å². The van der Waals surface area contributed by atoms with Gasteiger partial charge in [-0.1, -0.05) is 19.1 Å². The number of aromatic nitrogens is 2. The lowest BCUT2D eigenvalue weighted by Gasteiger charge is -2.16. The molecule has 0 aliphatic heterocycles. The minimum atomic E-state index is -0.210. The maximum absolute atomic E-state index is 12.9. The molecule has 1 aromatic carbocycles. The van der Waals surface area contributed by atoms with Gasteiger partial charge in [-0.3, -0.25) is 9.97 Å². The summed E-state index contributed by atoms with van der Waals surface area (Å²) >= 11 is 0. The molecule has 1 atom stereocenters. The van der Waals surface area contributed by atoms with E-state index in [0.717, 1.165) is 24.2 Å². The summed E-state index contributed by atoms with van der Waals surface area (Å²) in [6.45, 7) is 2.90. The fraction of sp³-hybridized carbons (Fsp3) is 0.286. The van der Waals surface area contributed by atoms with Gasteiger partial charge >= 0.3 is 0 Å². The maximum Gasteiger partial charge on any atom is 0.123 e. The van der Waals surface area contributed by atoms with Gasteiger partial charge in [-0.15, -0.1) is 0 Å². The molecule has 94 valence electrons. The topological polar surface area (TPSA) is 37.8 Å². The Morgan fingerprint density at radius 2 is 2.00 bits per heavy atom. The summed E-state index contributed by atoms with van der Waals surface area (Å²) in [5, 5.41) is 3.37. The van der Waals surface area contributed by atoms with Gasteiger partial charge in [-0.05, 0) is 30.7 Å². The lowest BCUT2D eigenvalue weighted by Crippen LogP contribution is -2.24. The van der Waals surface area contributed by atoms with E-state index in [9.17, 15) is 4.39 Å². The molecule has 18 heavy (non-hydrogen) atoms. The van der Waals surface area contributed by atoms with Crippen LogP contribution in [0.25, 0.3) is 0 Å². The molecular weight excluding hydrogens is 229 g/mol. The first-order chi connectivity index (χ1) is 8.79. The Morgan fingerprint density at radius 3 is 2.61 bits per heavy atom. The van der Waals surface area contributed by atoms with Crippen molar-refractivity contribution in [1.82, 2.24) is 15.3 Å². The highest BCUT2D eigenvalue weighted by atomic mass is 19.1. The zero-order valence-corrected chi connectivity index (χ0v) is 10.3. The van der Waals surface area contributed by atoms with Gasteiger partial charge in [0.05, 0.1) is 11.7 Å². The van der Waals surface area contributed by atoms with Crippen LogP contribution in [0, 0.1) is 5.82 Å². The lowest BCUT2D eigenvalue weighted by molar-refractivity contribution is 0.534. The molecule has 1 heterocycles. The lowest BCUT2D eigenvalue weighted by atomic mass is 10.0. The highest BCUT2D eigenvalue weighted by Crippen LogP contribution is 2.16. The van der Waals surface area contributed by atoms with E-state index in [-0.39, 0.29) is 11.9 Å². The molecule has 0 spiro atoms. The number of benzene rings is 1. The molecule has 1 unspecified atom stereocenters. The minimum Gasteiger partial charge on any atom is -0.309 e. The fourth-order valence-corrected chi connectivity index (χ4v) is 1.87. The van der Waals surface area contributed by atoms with Crippen molar-refractivity contribution in [3.63, 3.8) is 0 Å². The zero-order valence-electron chi connectivity index (χ0n) is 10.3. The average molecular weight is 245 g/mol. The molecule has 3 nitrogen and oxygen atoms in total. The predicted molar refractivity (Wildman–Crippen MR) is 68.6 cm³/mol. The Kier molecular flexibility index (Phi) is 4.36. The zero-order chi connectivity index (χ0) is 12.8. The highest BCUT2D eigenvalue weighted by molar-refractivity contribution is 5.19. The summed E-state index contributed by atoms with van der Waals surface area (Å²) in [6, 6.07) is 6.67. The average Bonchev–Trinajstić information content (AvgIpc) is 2.42. The smallest absolute Gasteiger partial charge is 0.123 e. The van der Waals surface area contributed by atoms with E-state index in [1.54, 1.807) is 30.7 Å². The van der Waals surface area contributed by atoms with Gasteiger partial charge in [0.15, 0.2) is 0 Å². The Morgan fingerprint density at radius 1 is 1.22 bits per heavy atom. The van der Waals surface area contributed by atoms with Crippen LogP contribution in [0.3, 0.4) is 0 Å². The van der Waals surface area contributed by atoms with Gasteiger partial charge in [-0.25, -0.2) is 4.39 Å². The second kappa shape index (κ2) is 6.21. The first kappa shape index (κ1) is 12.6. The minimum absolute atomic E-state index is 0.106. The van der Waals surface area contributed by atoms with Gasteiger partial charge in [-0.2, -0.15) is 0 Å². The third kappa shape index (κ3) is 3.34. The van der Waals surface area contributed by atoms with E-state index in [1.807, 2.05) is 6.92 Å². The van der Waals surface area contributed by atoms with Gasteiger partial charge in [0.2, 0.25) is 0 Å². The van der Waals surface area contributed by atoms with Crippen LogP contribution in [0.1, 0.15) is 24.2 Å². The monoisotopic (exact) mass is 245 g/mol. The molecule has 2 rings (SSSR count).